The molecule has 0 aliphatic carbocycles. The van der Waals surface area contributed by atoms with Gasteiger partial charge in [0.2, 0.25) is 0 Å². The van der Waals surface area contributed by atoms with E-state index >= 15 is 0 Å². The molecule has 1 atom stereocenters. The van der Waals surface area contributed by atoms with Crippen LogP contribution >= 0.6 is 0 Å². The first-order valence-electron chi connectivity index (χ1n) is 7.19. The van der Waals surface area contributed by atoms with E-state index in [9.17, 15) is 0 Å². The summed E-state index contributed by atoms with van der Waals surface area (Å²) in [5, 5.41) is 8.17. The third kappa shape index (κ3) is 2.90. The van der Waals surface area contributed by atoms with Gasteiger partial charge in [-0.1, -0.05) is 13.0 Å². The van der Waals surface area contributed by atoms with Crippen molar-refractivity contribution in [3.8, 4) is 0 Å². The van der Waals surface area contributed by atoms with E-state index in [0.717, 1.165) is 18.7 Å². The first-order valence-corrected chi connectivity index (χ1v) is 7.19. The van der Waals surface area contributed by atoms with Crippen LogP contribution in [-0.2, 0) is 7.05 Å². The zero-order chi connectivity index (χ0) is 14.7. The lowest BCUT2D eigenvalue weighted by atomic mass is 9.97. The van der Waals surface area contributed by atoms with Crippen molar-refractivity contribution in [3.63, 3.8) is 0 Å². The Kier molecular flexibility index (Phi) is 4.55. The van der Waals surface area contributed by atoms with Crippen molar-refractivity contribution in [2.45, 2.75) is 40.2 Å². The van der Waals surface area contributed by atoms with Gasteiger partial charge in [-0.3, -0.25) is 9.67 Å². The largest absolute Gasteiger partial charge is 0.306 e. The highest BCUT2D eigenvalue weighted by Crippen LogP contribution is 2.27. The van der Waals surface area contributed by atoms with Crippen LogP contribution in [0.1, 0.15) is 47.5 Å². The molecular weight excluding hydrogens is 248 g/mol. The number of nitrogens with zero attached hydrogens (tertiary/aromatic N) is 3. The van der Waals surface area contributed by atoms with Gasteiger partial charge in [-0.15, -0.1) is 0 Å². The Hall–Kier alpha value is -1.68. The molecule has 108 valence electrons. The molecule has 4 heteroatoms. The van der Waals surface area contributed by atoms with Crippen LogP contribution in [-0.4, -0.2) is 21.3 Å². The summed E-state index contributed by atoms with van der Waals surface area (Å²) in [4.78, 5) is 4.34. The van der Waals surface area contributed by atoms with Gasteiger partial charge in [-0.25, -0.2) is 0 Å². The maximum atomic E-state index is 4.54. The molecule has 1 unspecified atom stereocenters. The fraction of sp³-hybridized carbons (Fsp3) is 0.500. The molecule has 0 fully saturated rings. The van der Waals surface area contributed by atoms with Gasteiger partial charge in [0.25, 0.3) is 0 Å². The molecule has 2 aromatic rings. The summed E-state index contributed by atoms with van der Waals surface area (Å²) in [6.07, 6.45) is 4.95. The van der Waals surface area contributed by atoms with Crippen molar-refractivity contribution in [2.75, 3.05) is 6.54 Å². The van der Waals surface area contributed by atoms with Crippen LogP contribution in [0.3, 0.4) is 0 Å². The van der Waals surface area contributed by atoms with Gasteiger partial charge in [-0.2, -0.15) is 5.10 Å². The maximum Gasteiger partial charge on any atom is 0.0647 e. The lowest BCUT2D eigenvalue weighted by molar-refractivity contribution is 0.591. The Morgan fingerprint density at radius 3 is 2.55 bits per heavy atom. The van der Waals surface area contributed by atoms with E-state index in [-0.39, 0.29) is 6.04 Å². The van der Waals surface area contributed by atoms with Crippen molar-refractivity contribution in [2.24, 2.45) is 7.05 Å². The molecule has 1 N–H and O–H groups in total. The Morgan fingerprint density at radius 2 is 2.00 bits per heavy atom. The van der Waals surface area contributed by atoms with E-state index in [0.29, 0.717) is 0 Å². The van der Waals surface area contributed by atoms with E-state index < -0.39 is 0 Å². The number of pyridine rings is 1. The molecule has 2 heterocycles. The number of hydrogen-bond donors (Lipinski definition) is 1. The van der Waals surface area contributed by atoms with Crippen LogP contribution in [0, 0.1) is 20.8 Å². The first kappa shape index (κ1) is 14.7. The monoisotopic (exact) mass is 272 g/mol. The van der Waals surface area contributed by atoms with E-state index in [1.165, 1.54) is 22.4 Å². The van der Waals surface area contributed by atoms with Crippen molar-refractivity contribution in [3.05, 3.63) is 46.5 Å². The average molecular weight is 272 g/mol. The van der Waals surface area contributed by atoms with Gasteiger partial charge in [0, 0.05) is 30.7 Å². The fourth-order valence-electron chi connectivity index (χ4n) is 2.62. The second kappa shape index (κ2) is 6.18. The van der Waals surface area contributed by atoms with Crippen LogP contribution in [0.15, 0.2) is 18.5 Å². The average Bonchev–Trinajstić information content (AvgIpc) is 2.66. The molecule has 0 amide bonds. The summed E-state index contributed by atoms with van der Waals surface area (Å²) < 4.78 is 1.95. The topological polar surface area (TPSA) is 42.7 Å². The zero-order valence-electron chi connectivity index (χ0n) is 13.1. The SMILES string of the molecule is CCCNC(c1cncc(C)c1)c1c(C)nn(C)c1C. The molecule has 0 spiro atoms. The molecule has 2 aromatic heterocycles. The molecule has 0 saturated heterocycles. The van der Waals surface area contributed by atoms with Gasteiger partial charge in [0.15, 0.2) is 0 Å². The van der Waals surface area contributed by atoms with Crippen molar-refractivity contribution < 1.29 is 0 Å². The number of hydrogen-bond acceptors (Lipinski definition) is 3. The molecule has 0 saturated carbocycles. The van der Waals surface area contributed by atoms with Crippen LogP contribution in [0.4, 0.5) is 0 Å². The van der Waals surface area contributed by atoms with Gasteiger partial charge < -0.3 is 5.32 Å². The predicted octanol–water partition coefficient (Wildman–Crippen LogP) is 2.83. The lowest BCUT2D eigenvalue weighted by Crippen LogP contribution is -2.24. The Bertz CT molecular complexity index is 586. The first-order chi connectivity index (χ1) is 9.54. The van der Waals surface area contributed by atoms with Gasteiger partial charge in [0.1, 0.15) is 0 Å². The third-order valence-electron chi connectivity index (χ3n) is 3.68. The number of rotatable bonds is 5. The highest BCUT2D eigenvalue weighted by Gasteiger charge is 2.21. The smallest absolute Gasteiger partial charge is 0.0647 e. The Morgan fingerprint density at radius 1 is 1.25 bits per heavy atom. The van der Waals surface area contributed by atoms with Gasteiger partial charge >= 0.3 is 0 Å². The highest BCUT2D eigenvalue weighted by atomic mass is 15.3. The highest BCUT2D eigenvalue weighted by molar-refractivity contribution is 5.37. The molecule has 0 bridgehead atoms. The van der Waals surface area contributed by atoms with Gasteiger partial charge in [-0.05, 0) is 44.9 Å². The summed E-state index contributed by atoms with van der Waals surface area (Å²) in [5.74, 6) is 0. The van der Waals surface area contributed by atoms with E-state index in [1.54, 1.807) is 0 Å². The molecular formula is C16H24N4. The standard InChI is InChI=1S/C16H24N4/c1-6-7-18-16(14-8-11(2)9-17-10-14)15-12(3)19-20(5)13(15)4/h8-10,16,18H,6-7H2,1-5H3. The summed E-state index contributed by atoms with van der Waals surface area (Å²) in [6.45, 7) is 9.44. The van der Waals surface area contributed by atoms with Crippen LogP contribution in [0.5, 0.6) is 0 Å². The Labute approximate surface area is 121 Å². The van der Waals surface area contributed by atoms with E-state index in [2.05, 4.69) is 49.2 Å². The predicted molar refractivity (Wildman–Crippen MR) is 81.8 cm³/mol. The second-order valence-electron chi connectivity index (χ2n) is 5.39. The molecule has 0 radical (unpaired) electrons. The Balaban J connectivity index is 2.47. The van der Waals surface area contributed by atoms with Crippen LogP contribution < -0.4 is 5.32 Å². The van der Waals surface area contributed by atoms with E-state index in [1.807, 2.05) is 24.1 Å². The second-order valence-corrected chi connectivity index (χ2v) is 5.39. The minimum Gasteiger partial charge on any atom is -0.306 e. The molecule has 0 aliphatic rings. The van der Waals surface area contributed by atoms with Crippen LogP contribution in [0.25, 0.3) is 0 Å². The lowest BCUT2D eigenvalue weighted by Gasteiger charge is -2.20. The molecule has 2 rings (SSSR count). The number of aryl methyl sites for hydroxylation is 3. The quantitative estimate of drug-likeness (QED) is 0.910. The van der Waals surface area contributed by atoms with Crippen molar-refractivity contribution >= 4 is 0 Å². The van der Waals surface area contributed by atoms with Crippen molar-refractivity contribution in [1.82, 2.24) is 20.1 Å². The summed E-state index contributed by atoms with van der Waals surface area (Å²) >= 11 is 0. The number of aromatic nitrogens is 3. The molecule has 4 nitrogen and oxygen atoms in total. The summed E-state index contributed by atoms with van der Waals surface area (Å²) in [7, 11) is 2.00. The zero-order valence-corrected chi connectivity index (χ0v) is 13.1. The third-order valence-corrected chi connectivity index (χ3v) is 3.68. The molecule has 0 aliphatic heterocycles. The normalized spacial score (nSPS) is 12.7. The summed E-state index contributed by atoms with van der Waals surface area (Å²) in [5.41, 5.74) is 5.95. The van der Waals surface area contributed by atoms with Crippen molar-refractivity contribution in [1.29, 1.82) is 0 Å². The maximum absolute atomic E-state index is 4.54. The minimum atomic E-state index is 0.163. The summed E-state index contributed by atoms with van der Waals surface area (Å²) in [6, 6.07) is 2.36. The van der Waals surface area contributed by atoms with Gasteiger partial charge in [0.05, 0.1) is 11.7 Å². The van der Waals surface area contributed by atoms with E-state index in [4.69, 9.17) is 0 Å². The minimum absolute atomic E-state index is 0.163. The van der Waals surface area contributed by atoms with Crippen LogP contribution in [0.2, 0.25) is 0 Å². The number of nitrogens with one attached hydrogen (secondary N) is 1. The fourth-order valence-corrected chi connectivity index (χ4v) is 2.62. The molecule has 0 aromatic carbocycles. The molecule has 20 heavy (non-hydrogen) atoms.